The van der Waals surface area contributed by atoms with Crippen LogP contribution in [0.4, 0.5) is 0 Å². The van der Waals surface area contributed by atoms with Crippen molar-refractivity contribution in [2.24, 2.45) is 7.05 Å². The van der Waals surface area contributed by atoms with Gasteiger partial charge in [0.15, 0.2) is 5.78 Å². The summed E-state index contributed by atoms with van der Waals surface area (Å²) in [6.07, 6.45) is 0. The van der Waals surface area contributed by atoms with Gasteiger partial charge in [-0.05, 0) is 18.6 Å². The third kappa shape index (κ3) is 2.53. The SMILES string of the molecule is CC(=O)c1cc2[nH]c(=O)n(C)c2cc1OCc1ccccc1. The lowest BCUT2D eigenvalue weighted by Gasteiger charge is -2.10. The van der Waals surface area contributed by atoms with Crippen molar-refractivity contribution in [3.63, 3.8) is 0 Å². The molecule has 0 radical (unpaired) electrons. The fourth-order valence-electron chi connectivity index (χ4n) is 2.39. The summed E-state index contributed by atoms with van der Waals surface area (Å²) in [5.74, 6) is 0.383. The molecular formula is C17H16N2O3. The minimum absolute atomic E-state index is 0.102. The molecule has 112 valence electrons. The number of ether oxygens (including phenoxy) is 1. The molecule has 5 heteroatoms. The van der Waals surface area contributed by atoms with Gasteiger partial charge in [0.2, 0.25) is 0 Å². The number of nitrogens with one attached hydrogen (secondary N) is 1. The predicted octanol–water partition coefficient (Wildman–Crippen LogP) is 2.65. The molecule has 0 atom stereocenters. The summed E-state index contributed by atoms with van der Waals surface area (Å²) in [5, 5.41) is 0. The highest BCUT2D eigenvalue weighted by molar-refractivity contribution is 6.00. The van der Waals surface area contributed by atoms with E-state index in [2.05, 4.69) is 4.98 Å². The highest BCUT2D eigenvalue weighted by atomic mass is 16.5. The molecule has 1 N–H and O–H groups in total. The fraction of sp³-hybridized carbons (Fsp3) is 0.176. The molecule has 0 amide bonds. The van der Waals surface area contributed by atoms with Gasteiger partial charge in [0, 0.05) is 13.1 Å². The molecule has 1 heterocycles. The molecule has 22 heavy (non-hydrogen) atoms. The van der Waals surface area contributed by atoms with Crippen LogP contribution in [0, 0.1) is 0 Å². The maximum atomic E-state index is 11.8. The molecule has 5 nitrogen and oxygen atoms in total. The number of aryl methyl sites for hydroxylation is 1. The van der Waals surface area contributed by atoms with Crippen molar-refractivity contribution < 1.29 is 9.53 Å². The van der Waals surface area contributed by atoms with E-state index < -0.39 is 0 Å². The maximum absolute atomic E-state index is 11.8. The van der Waals surface area contributed by atoms with E-state index in [0.29, 0.717) is 29.0 Å². The predicted molar refractivity (Wildman–Crippen MR) is 84.3 cm³/mol. The molecule has 0 aliphatic carbocycles. The summed E-state index contributed by atoms with van der Waals surface area (Å²) < 4.78 is 7.30. The van der Waals surface area contributed by atoms with E-state index in [4.69, 9.17) is 4.74 Å². The molecule has 0 saturated carbocycles. The Balaban J connectivity index is 2.02. The molecule has 3 aromatic rings. The number of fused-ring (bicyclic) bond motifs is 1. The summed E-state index contributed by atoms with van der Waals surface area (Å²) in [6, 6.07) is 13.1. The smallest absolute Gasteiger partial charge is 0.326 e. The van der Waals surface area contributed by atoms with E-state index in [1.807, 2.05) is 30.3 Å². The van der Waals surface area contributed by atoms with Crippen LogP contribution in [-0.4, -0.2) is 15.3 Å². The molecule has 0 aliphatic rings. The highest BCUT2D eigenvalue weighted by Crippen LogP contribution is 2.25. The molecule has 0 bridgehead atoms. The first-order valence-electron chi connectivity index (χ1n) is 6.96. The Hall–Kier alpha value is -2.82. The van der Waals surface area contributed by atoms with Crippen molar-refractivity contribution in [1.82, 2.24) is 9.55 Å². The van der Waals surface area contributed by atoms with E-state index in [-0.39, 0.29) is 11.5 Å². The Morgan fingerprint density at radius 3 is 2.64 bits per heavy atom. The number of Topliss-reactive ketones (excluding diaryl/α,β-unsaturated/α-hetero) is 1. The lowest BCUT2D eigenvalue weighted by Crippen LogP contribution is -2.11. The molecule has 3 rings (SSSR count). The Labute approximate surface area is 127 Å². The number of ketones is 1. The van der Waals surface area contributed by atoms with Crippen LogP contribution in [0.3, 0.4) is 0 Å². The van der Waals surface area contributed by atoms with Gasteiger partial charge < -0.3 is 9.72 Å². The monoisotopic (exact) mass is 296 g/mol. The largest absolute Gasteiger partial charge is 0.488 e. The van der Waals surface area contributed by atoms with Crippen LogP contribution in [0.5, 0.6) is 5.75 Å². The number of benzene rings is 2. The molecule has 0 aliphatic heterocycles. The van der Waals surface area contributed by atoms with Gasteiger partial charge in [0.1, 0.15) is 12.4 Å². The summed E-state index contributed by atoms with van der Waals surface area (Å²) in [6.45, 7) is 1.85. The summed E-state index contributed by atoms with van der Waals surface area (Å²) in [4.78, 5) is 26.2. The van der Waals surface area contributed by atoms with Crippen molar-refractivity contribution in [3.8, 4) is 5.75 Å². The number of hydrogen-bond donors (Lipinski definition) is 1. The average molecular weight is 296 g/mol. The third-order valence-corrected chi connectivity index (χ3v) is 3.62. The Morgan fingerprint density at radius 2 is 1.95 bits per heavy atom. The number of nitrogens with zero attached hydrogens (tertiary/aromatic N) is 1. The van der Waals surface area contributed by atoms with Crippen molar-refractivity contribution in [2.45, 2.75) is 13.5 Å². The summed E-state index contributed by atoms with van der Waals surface area (Å²) in [7, 11) is 1.68. The van der Waals surface area contributed by atoms with E-state index in [9.17, 15) is 9.59 Å². The molecule has 0 unspecified atom stereocenters. The van der Waals surface area contributed by atoms with Gasteiger partial charge in [-0.15, -0.1) is 0 Å². The first kappa shape index (κ1) is 14.1. The van der Waals surface area contributed by atoms with Gasteiger partial charge in [-0.3, -0.25) is 9.36 Å². The lowest BCUT2D eigenvalue weighted by molar-refractivity contribution is 0.101. The fourth-order valence-corrected chi connectivity index (χ4v) is 2.39. The van der Waals surface area contributed by atoms with Crippen molar-refractivity contribution in [1.29, 1.82) is 0 Å². The first-order valence-corrected chi connectivity index (χ1v) is 6.96. The number of aromatic amines is 1. The molecule has 0 saturated heterocycles. The second-order valence-electron chi connectivity index (χ2n) is 5.19. The zero-order valence-electron chi connectivity index (χ0n) is 12.4. The van der Waals surface area contributed by atoms with Gasteiger partial charge >= 0.3 is 5.69 Å². The molecule has 0 spiro atoms. The van der Waals surface area contributed by atoms with Gasteiger partial charge in [0.05, 0.1) is 16.6 Å². The number of aromatic nitrogens is 2. The highest BCUT2D eigenvalue weighted by Gasteiger charge is 2.14. The molecule has 0 fully saturated rings. The number of carbonyl (C=O) groups is 1. The number of imidazole rings is 1. The molecule has 1 aromatic heterocycles. The number of rotatable bonds is 4. The maximum Gasteiger partial charge on any atom is 0.326 e. The van der Waals surface area contributed by atoms with Crippen LogP contribution in [0.15, 0.2) is 47.3 Å². The van der Waals surface area contributed by atoms with E-state index >= 15 is 0 Å². The van der Waals surface area contributed by atoms with E-state index in [0.717, 1.165) is 5.56 Å². The van der Waals surface area contributed by atoms with Crippen LogP contribution in [0.2, 0.25) is 0 Å². The number of hydrogen-bond acceptors (Lipinski definition) is 3. The quantitative estimate of drug-likeness (QED) is 0.753. The van der Waals surface area contributed by atoms with Crippen LogP contribution in [0.1, 0.15) is 22.8 Å². The minimum atomic E-state index is -0.218. The van der Waals surface area contributed by atoms with Crippen LogP contribution in [0.25, 0.3) is 11.0 Å². The Bertz CT molecular complexity index is 891. The zero-order chi connectivity index (χ0) is 15.7. The van der Waals surface area contributed by atoms with Crippen LogP contribution in [-0.2, 0) is 13.7 Å². The summed E-state index contributed by atoms with van der Waals surface area (Å²) >= 11 is 0. The normalized spacial score (nSPS) is 10.8. The van der Waals surface area contributed by atoms with Crippen LogP contribution < -0.4 is 10.4 Å². The van der Waals surface area contributed by atoms with Crippen molar-refractivity contribution in [2.75, 3.05) is 0 Å². The number of H-pyrrole nitrogens is 1. The third-order valence-electron chi connectivity index (χ3n) is 3.62. The minimum Gasteiger partial charge on any atom is -0.488 e. The van der Waals surface area contributed by atoms with Gasteiger partial charge in [-0.2, -0.15) is 0 Å². The average Bonchev–Trinajstić information content (AvgIpc) is 2.80. The zero-order valence-corrected chi connectivity index (χ0v) is 12.4. The van der Waals surface area contributed by atoms with E-state index in [1.54, 1.807) is 19.2 Å². The summed E-state index contributed by atoms with van der Waals surface area (Å²) in [5.41, 5.74) is 2.60. The Kier molecular flexibility index (Phi) is 3.55. The van der Waals surface area contributed by atoms with Gasteiger partial charge in [0.25, 0.3) is 0 Å². The van der Waals surface area contributed by atoms with Crippen molar-refractivity contribution in [3.05, 3.63) is 64.1 Å². The first-order chi connectivity index (χ1) is 10.6. The Morgan fingerprint density at radius 1 is 1.23 bits per heavy atom. The van der Waals surface area contributed by atoms with Gasteiger partial charge in [-0.1, -0.05) is 30.3 Å². The van der Waals surface area contributed by atoms with Crippen LogP contribution >= 0.6 is 0 Å². The lowest BCUT2D eigenvalue weighted by atomic mass is 10.1. The standard InChI is InChI=1S/C17H16N2O3/c1-11(20)13-8-14-15(19(2)17(21)18-14)9-16(13)22-10-12-6-4-3-5-7-12/h3-9H,10H2,1-2H3,(H,18,21). The van der Waals surface area contributed by atoms with Crippen molar-refractivity contribution >= 4 is 16.8 Å². The number of carbonyl (C=O) groups excluding carboxylic acids is 1. The second kappa shape index (κ2) is 5.52. The topological polar surface area (TPSA) is 64.1 Å². The molecular weight excluding hydrogens is 280 g/mol. The second-order valence-corrected chi connectivity index (χ2v) is 5.19. The van der Waals surface area contributed by atoms with Gasteiger partial charge in [-0.25, -0.2) is 4.79 Å². The van der Waals surface area contributed by atoms with E-state index in [1.165, 1.54) is 11.5 Å². The molecule has 2 aromatic carbocycles.